The normalized spacial score (nSPS) is 14.4. The summed E-state index contributed by atoms with van der Waals surface area (Å²) in [7, 11) is -2.44. The smallest absolute Gasteiger partial charge is 0.447 e. The molecule has 1 amide bonds. The van der Waals surface area contributed by atoms with Crippen LogP contribution < -0.4 is 13.9 Å². The number of benzene rings is 3. The van der Waals surface area contributed by atoms with Gasteiger partial charge in [-0.25, -0.2) is 9.36 Å². The predicted molar refractivity (Wildman–Crippen MR) is 131 cm³/mol. The lowest BCUT2D eigenvalue weighted by molar-refractivity contribution is -0.149. The SMILES string of the molecule is COC(=O)[C@@H]([C@H](C(=O)OC)P(=O)(Oc1ccccc1)Oc1ccccc1)N1C(=O)Cc2ccccc21. The summed E-state index contributed by atoms with van der Waals surface area (Å²) < 4.78 is 36.2. The van der Waals surface area contributed by atoms with Crippen LogP contribution in [0, 0.1) is 0 Å². The van der Waals surface area contributed by atoms with Gasteiger partial charge < -0.3 is 18.5 Å². The molecule has 0 unspecified atom stereocenters. The fraction of sp³-hybridized carbons (Fsp3) is 0.192. The molecule has 0 saturated heterocycles. The third kappa shape index (κ3) is 4.97. The minimum Gasteiger partial charge on any atom is -0.468 e. The van der Waals surface area contributed by atoms with E-state index in [-0.39, 0.29) is 17.9 Å². The van der Waals surface area contributed by atoms with E-state index in [9.17, 15) is 18.9 Å². The van der Waals surface area contributed by atoms with Gasteiger partial charge in [0.15, 0.2) is 6.04 Å². The highest BCUT2D eigenvalue weighted by atomic mass is 31.2. The molecule has 0 N–H and O–H groups in total. The number of hydrogen-bond donors (Lipinski definition) is 0. The second-order valence-corrected chi connectivity index (χ2v) is 9.85. The van der Waals surface area contributed by atoms with Crippen LogP contribution in [0.3, 0.4) is 0 Å². The third-order valence-corrected chi connectivity index (χ3v) is 7.72. The molecule has 2 atom stereocenters. The van der Waals surface area contributed by atoms with Gasteiger partial charge in [-0.1, -0.05) is 54.6 Å². The maximum atomic E-state index is 14.6. The number of hydrogen-bond acceptors (Lipinski definition) is 8. The number of ether oxygens (including phenoxy) is 2. The molecule has 3 aromatic carbocycles. The Morgan fingerprint density at radius 1 is 0.778 bits per heavy atom. The van der Waals surface area contributed by atoms with Crippen molar-refractivity contribution < 1.29 is 37.5 Å². The molecule has 1 aliphatic heterocycles. The number of esters is 2. The second-order valence-electron chi connectivity index (χ2n) is 7.85. The summed E-state index contributed by atoms with van der Waals surface area (Å²) in [6.07, 6.45) is -0.0129. The van der Waals surface area contributed by atoms with E-state index < -0.39 is 37.1 Å². The van der Waals surface area contributed by atoms with Crippen molar-refractivity contribution in [1.82, 2.24) is 0 Å². The summed E-state index contributed by atoms with van der Waals surface area (Å²) >= 11 is 0. The Balaban J connectivity index is 1.89. The number of carbonyl (C=O) groups excluding carboxylic acids is 3. The molecule has 0 aromatic heterocycles. The first-order chi connectivity index (χ1) is 17.4. The zero-order chi connectivity index (χ0) is 25.7. The highest BCUT2D eigenvalue weighted by Gasteiger charge is 2.57. The van der Waals surface area contributed by atoms with Crippen molar-refractivity contribution in [3.05, 3.63) is 90.5 Å². The van der Waals surface area contributed by atoms with Crippen LogP contribution in [0.15, 0.2) is 84.9 Å². The molecule has 1 heterocycles. The fourth-order valence-electron chi connectivity index (χ4n) is 4.02. The van der Waals surface area contributed by atoms with Crippen molar-refractivity contribution in [2.45, 2.75) is 18.1 Å². The van der Waals surface area contributed by atoms with Crippen molar-refractivity contribution in [2.75, 3.05) is 19.1 Å². The summed E-state index contributed by atoms with van der Waals surface area (Å²) in [5, 5.41) is 0. The van der Waals surface area contributed by atoms with Crippen LogP contribution in [-0.2, 0) is 34.8 Å². The standard InChI is InChI=1S/C26H24NO8P/c1-32-25(29)23(27-21-16-10-9-11-18(21)17-22(27)28)24(26(30)33-2)36(31,34-19-12-5-3-6-13-19)35-20-14-7-4-8-15-20/h3-16,23-24H,17H2,1-2H3/t23-,24-/m1/s1. The summed E-state index contributed by atoms with van der Waals surface area (Å²) in [5.41, 5.74) is -0.856. The molecule has 1 aliphatic rings. The zero-order valence-corrected chi connectivity index (χ0v) is 20.5. The summed E-state index contributed by atoms with van der Waals surface area (Å²) in [6.45, 7) is 0. The molecule has 3 aromatic rings. The number of fused-ring (bicyclic) bond motifs is 1. The van der Waals surface area contributed by atoms with Gasteiger partial charge in [-0.15, -0.1) is 0 Å². The van der Waals surface area contributed by atoms with E-state index in [0.29, 0.717) is 11.3 Å². The highest BCUT2D eigenvalue weighted by Crippen LogP contribution is 2.56. The van der Waals surface area contributed by atoms with E-state index in [1.807, 2.05) is 0 Å². The molecule has 0 aliphatic carbocycles. The molecule has 36 heavy (non-hydrogen) atoms. The summed E-state index contributed by atoms with van der Waals surface area (Å²) in [4.78, 5) is 40.7. The Morgan fingerprint density at radius 3 is 1.81 bits per heavy atom. The van der Waals surface area contributed by atoms with E-state index in [1.165, 1.54) is 24.3 Å². The first-order valence-corrected chi connectivity index (χ1v) is 12.6. The number of amides is 1. The minimum absolute atomic E-state index is 0.0129. The van der Waals surface area contributed by atoms with Gasteiger partial charge in [0.2, 0.25) is 11.6 Å². The van der Waals surface area contributed by atoms with Gasteiger partial charge in [-0.05, 0) is 35.9 Å². The topological polar surface area (TPSA) is 108 Å². The Kier molecular flexibility index (Phi) is 7.41. The molecular formula is C26H24NO8P. The maximum absolute atomic E-state index is 14.6. The second kappa shape index (κ2) is 10.7. The van der Waals surface area contributed by atoms with E-state index in [4.69, 9.17) is 18.5 Å². The minimum atomic E-state index is -4.63. The van der Waals surface area contributed by atoms with Crippen molar-refractivity contribution in [3.8, 4) is 11.5 Å². The molecule has 9 nitrogen and oxygen atoms in total. The number of rotatable bonds is 9. The number of carbonyl (C=O) groups is 3. The van der Waals surface area contributed by atoms with Gasteiger partial charge in [0.25, 0.3) is 0 Å². The lowest BCUT2D eigenvalue weighted by Gasteiger charge is -2.34. The molecule has 0 fully saturated rings. The molecule has 0 bridgehead atoms. The van der Waals surface area contributed by atoms with Gasteiger partial charge in [0, 0.05) is 5.69 Å². The molecule has 0 saturated carbocycles. The lowest BCUT2D eigenvalue weighted by atomic mass is 10.1. The summed E-state index contributed by atoms with van der Waals surface area (Å²) in [5.74, 6) is -2.28. The molecule has 0 spiro atoms. The van der Waals surface area contributed by atoms with Crippen molar-refractivity contribution in [3.63, 3.8) is 0 Å². The molecular weight excluding hydrogens is 485 g/mol. The first kappa shape index (κ1) is 25.0. The number of methoxy groups -OCH3 is 2. The van der Waals surface area contributed by atoms with E-state index in [2.05, 4.69) is 0 Å². The van der Waals surface area contributed by atoms with E-state index in [0.717, 1.165) is 19.1 Å². The number of para-hydroxylation sites is 3. The van der Waals surface area contributed by atoms with Gasteiger partial charge in [0.05, 0.1) is 20.6 Å². The van der Waals surface area contributed by atoms with Crippen LogP contribution in [-0.4, -0.2) is 43.8 Å². The lowest BCUT2D eigenvalue weighted by Crippen LogP contribution is -2.55. The Morgan fingerprint density at radius 2 is 1.28 bits per heavy atom. The molecule has 0 radical (unpaired) electrons. The monoisotopic (exact) mass is 509 g/mol. The van der Waals surface area contributed by atoms with Gasteiger partial charge >= 0.3 is 19.5 Å². The number of nitrogens with zero attached hydrogens (tertiary/aromatic N) is 1. The van der Waals surface area contributed by atoms with Crippen molar-refractivity contribution in [2.24, 2.45) is 0 Å². The zero-order valence-electron chi connectivity index (χ0n) is 19.6. The van der Waals surface area contributed by atoms with Crippen LogP contribution in [0.1, 0.15) is 5.56 Å². The molecule has 10 heteroatoms. The predicted octanol–water partition coefficient (Wildman–Crippen LogP) is 4.01. The van der Waals surface area contributed by atoms with Crippen LogP contribution in [0.2, 0.25) is 0 Å². The fourth-order valence-corrected chi connectivity index (χ4v) is 6.08. The van der Waals surface area contributed by atoms with Gasteiger partial charge in [0.1, 0.15) is 11.5 Å². The van der Waals surface area contributed by atoms with Crippen LogP contribution in [0.5, 0.6) is 11.5 Å². The third-order valence-electron chi connectivity index (χ3n) is 5.62. The van der Waals surface area contributed by atoms with Crippen molar-refractivity contribution in [1.29, 1.82) is 0 Å². The number of anilines is 1. The Bertz CT molecular complexity index is 1250. The van der Waals surface area contributed by atoms with Crippen LogP contribution >= 0.6 is 7.60 Å². The maximum Gasteiger partial charge on any atom is 0.447 e. The summed E-state index contributed by atoms with van der Waals surface area (Å²) in [6, 6.07) is 21.2. The van der Waals surface area contributed by atoms with Crippen molar-refractivity contribution >= 4 is 31.1 Å². The van der Waals surface area contributed by atoms with Crippen LogP contribution in [0.4, 0.5) is 5.69 Å². The average molecular weight is 509 g/mol. The van der Waals surface area contributed by atoms with Crippen LogP contribution in [0.25, 0.3) is 0 Å². The van der Waals surface area contributed by atoms with Gasteiger partial charge in [-0.3, -0.25) is 14.5 Å². The van der Waals surface area contributed by atoms with E-state index in [1.54, 1.807) is 60.7 Å². The quantitative estimate of drug-likeness (QED) is 0.315. The Labute approximate surface area is 208 Å². The van der Waals surface area contributed by atoms with Gasteiger partial charge in [-0.2, -0.15) is 0 Å². The largest absolute Gasteiger partial charge is 0.468 e. The molecule has 186 valence electrons. The molecule has 4 rings (SSSR count). The highest BCUT2D eigenvalue weighted by molar-refractivity contribution is 7.56. The first-order valence-electron chi connectivity index (χ1n) is 11.0. The van der Waals surface area contributed by atoms with E-state index >= 15 is 0 Å². The Hall–Kier alpha value is -4.10. The average Bonchev–Trinajstić information content (AvgIpc) is 3.22.